The van der Waals surface area contributed by atoms with Crippen molar-refractivity contribution < 1.29 is 4.92 Å². The molecule has 0 bridgehead atoms. The summed E-state index contributed by atoms with van der Waals surface area (Å²) in [4.78, 5) is 10.5. The molecule has 2 rings (SSSR count). The Morgan fingerprint density at radius 3 is 2.89 bits per heavy atom. The predicted molar refractivity (Wildman–Crippen MR) is 77.8 cm³/mol. The van der Waals surface area contributed by atoms with Crippen molar-refractivity contribution >= 4 is 28.6 Å². The second kappa shape index (κ2) is 6.65. The van der Waals surface area contributed by atoms with E-state index < -0.39 is 4.92 Å². The molecule has 2 aromatic rings. The zero-order valence-electron chi connectivity index (χ0n) is 10.1. The molecule has 0 saturated heterocycles. The number of hydrogen-bond acceptors (Lipinski definition) is 4. The molecule has 1 heterocycles. The number of rotatable bonds is 6. The van der Waals surface area contributed by atoms with Crippen LogP contribution in [-0.2, 0) is 13.0 Å². The number of hydrogen-bond donors (Lipinski definition) is 1. The Morgan fingerprint density at radius 1 is 1.37 bits per heavy atom. The summed E-state index contributed by atoms with van der Waals surface area (Å²) >= 11 is 7.44. The predicted octanol–water partition coefficient (Wildman–Crippen LogP) is 3.64. The highest BCUT2D eigenvalue weighted by Gasteiger charge is 2.13. The molecule has 0 unspecified atom stereocenters. The van der Waals surface area contributed by atoms with Crippen LogP contribution in [0, 0.1) is 10.1 Å². The fraction of sp³-hybridized carbons (Fsp3) is 0.231. The number of nitro groups is 1. The van der Waals surface area contributed by atoms with Gasteiger partial charge in [-0.1, -0.05) is 11.6 Å². The molecule has 0 fully saturated rings. The third-order valence-corrected chi connectivity index (χ3v) is 3.70. The average molecular weight is 297 g/mol. The first-order chi connectivity index (χ1) is 9.16. The van der Waals surface area contributed by atoms with Gasteiger partial charge >= 0.3 is 0 Å². The van der Waals surface area contributed by atoms with Crippen molar-refractivity contribution in [2.75, 3.05) is 6.54 Å². The molecular formula is C13H13ClN2O2S. The molecule has 100 valence electrons. The Morgan fingerprint density at radius 2 is 2.21 bits per heavy atom. The van der Waals surface area contributed by atoms with Crippen LogP contribution in [0.25, 0.3) is 0 Å². The zero-order valence-corrected chi connectivity index (χ0v) is 11.7. The molecule has 0 radical (unpaired) electrons. The van der Waals surface area contributed by atoms with Gasteiger partial charge in [0, 0.05) is 23.2 Å². The lowest BCUT2D eigenvalue weighted by molar-refractivity contribution is -0.385. The van der Waals surface area contributed by atoms with Crippen molar-refractivity contribution in [1.29, 1.82) is 0 Å². The number of nitrogens with one attached hydrogen (secondary N) is 1. The van der Waals surface area contributed by atoms with Crippen LogP contribution < -0.4 is 5.32 Å². The fourth-order valence-electron chi connectivity index (χ4n) is 1.75. The zero-order chi connectivity index (χ0) is 13.7. The Bertz CT molecular complexity index is 558. The van der Waals surface area contributed by atoms with Gasteiger partial charge in [0.1, 0.15) is 0 Å². The summed E-state index contributed by atoms with van der Waals surface area (Å²) in [6.45, 7) is 1.26. The van der Waals surface area contributed by atoms with E-state index in [2.05, 4.69) is 16.8 Å². The van der Waals surface area contributed by atoms with E-state index >= 15 is 0 Å². The second-order valence-corrected chi connectivity index (χ2v) is 5.30. The van der Waals surface area contributed by atoms with Crippen LogP contribution in [0.5, 0.6) is 0 Å². The van der Waals surface area contributed by atoms with Gasteiger partial charge in [0.2, 0.25) is 0 Å². The van der Waals surface area contributed by atoms with Crippen LogP contribution in [0.2, 0.25) is 5.02 Å². The smallest absolute Gasteiger partial charge is 0.275 e. The van der Waals surface area contributed by atoms with Gasteiger partial charge in [-0.2, -0.15) is 11.3 Å². The lowest BCUT2D eigenvalue weighted by Gasteiger charge is -2.05. The molecule has 6 heteroatoms. The van der Waals surface area contributed by atoms with Crippen LogP contribution in [0.3, 0.4) is 0 Å². The van der Waals surface area contributed by atoms with E-state index in [1.54, 1.807) is 23.5 Å². The molecule has 19 heavy (non-hydrogen) atoms. The minimum Gasteiger partial charge on any atom is -0.312 e. The van der Waals surface area contributed by atoms with Gasteiger partial charge in [-0.05, 0) is 47.5 Å². The first-order valence-electron chi connectivity index (χ1n) is 5.81. The summed E-state index contributed by atoms with van der Waals surface area (Å²) in [5.41, 5.74) is 2.00. The molecule has 0 atom stereocenters. The van der Waals surface area contributed by atoms with Gasteiger partial charge in [0.15, 0.2) is 0 Å². The minimum absolute atomic E-state index is 0.0653. The highest BCUT2D eigenvalue weighted by atomic mass is 35.5. The average Bonchev–Trinajstić information content (AvgIpc) is 2.89. The molecule has 0 aliphatic carbocycles. The molecule has 0 saturated carbocycles. The Labute approximate surface area is 120 Å². The van der Waals surface area contributed by atoms with Crippen LogP contribution >= 0.6 is 22.9 Å². The lowest BCUT2D eigenvalue weighted by Crippen LogP contribution is -2.17. The lowest BCUT2D eigenvalue weighted by atomic mass is 10.1. The van der Waals surface area contributed by atoms with E-state index in [0.717, 1.165) is 13.0 Å². The molecule has 4 nitrogen and oxygen atoms in total. The first kappa shape index (κ1) is 14.0. The fourth-order valence-corrected chi connectivity index (χ4v) is 2.62. The summed E-state index contributed by atoms with van der Waals surface area (Å²) in [7, 11) is 0. The van der Waals surface area contributed by atoms with Crippen molar-refractivity contribution in [1.82, 2.24) is 5.32 Å². The summed E-state index contributed by atoms with van der Waals surface area (Å²) in [6, 6.07) is 6.83. The van der Waals surface area contributed by atoms with E-state index in [0.29, 0.717) is 17.1 Å². The molecule has 1 aromatic carbocycles. The van der Waals surface area contributed by atoms with E-state index in [4.69, 9.17) is 11.6 Å². The Balaban J connectivity index is 1.90. The molecular weight excluding hydrogens is 284 g/mol. The molecule has 0 aliphatic rings. The second-order valence-electron chi connectivity index (χ2n) is 4.09. The molecule has 1 aromatic heterocycles. The van der Waals surface area contributed by atoms with E-state index in [-0.39, 0.29) is 5.69 Å². The van der Waals surface area contributed by atoms with Crippen molar-refractivity contribution in [3.05, 3.63) is 61.3 Å². The van der Waals surface area contributed by atoms with Gasteiger partial charge in [-0.3, -0.25) is 10.1 Å². The quantitative estimate of drug-likeness (QED) is 0.503. The maximum absolute atomic E-state index is 10.9. The topological polar surface area (TPSA) is 55.2 Å². The van der Waals surface area contributed by atoms with E-state index in [1.807, 2.05) is 5.38 Å². The largest absolute Gasteiger partial charge is 0.312 e. The molecule has 1 N–H and O–H groups in total. The van der Waals surface area contributed by atoms with Crippen molar-refractivity contribution in [3.8, 4) is 0 Å². The maximum atomic E-state index is 10.9. The SMILES string of the molecule is O=[N+]([O-])c1cc(Cl)ccc1CNCCc1ccsc1. The molecule has 0 spiro atoms. The highest BCUT2D eigenvalue weighted by Crippen LogP contribution is 2.22. The summed E-state index contributed by atoms with van der Waals surface area (Å²) in [6.07, 6.45) is 0.922. The summed E-state index contributed by atoms with van der Waals surface area (Å²) in [5.74, 6) is 0. The van der Waals surface area contributed by atoms with Gasteiger partial charge < -0.3 is 5.32 Å². The number of benzene rings is 1. The van der Waals surface area contributed by atoms with Crippen LogP contribution in [0.1, 0.15) is 11.1 Å². The number of nitrogens with zero attached hydrogens (tertiary/aromatic N) is 1. The Hall–Kier alpha value is -1.43. The van der Waals surface area contributed by atoms with Crippen LogP contribution in [0.4, 0.5) is 5.69 Å². The van der Waals surface area contributed by atoms with Crippen molar-refractivity contribution in [2.24, 2.45) is 0 Å². The van der Waals surface area contributed by atoms with Gasteiger partial charge in [0.25, 0.3) is 5.69 Å². The van der Waals surface area contributed by atoms with Crippen molar-refractivity contribution in [2.45, 2.75) is 13.0 Å². The summed E-state index contributed by atoms with van der Waals surface area (Å²) in [5, 5.41) is 18.7. The maximum Gasteiger partial charge on any atom is 0.275 e. The normalized spacial score (nSPS) is 10.6. The highest BCUT2D eigenvalue weighted by molar-refractivity contribution is 7.07. The van der Waals surface area contributed by atoms with Crippen LogP contribution in [0.15, 0.2) is 35.0 Å². The van der Waals surface area contributed by atoms with Crippen LogP contribution in [-0.4, -0.2) is 11.5 Å². The van der Waals surface area contributed by atoms with Gasteiger partial charge in [-0.25, -0.2) is 0 Å². The minimum atomic E-state index is -0.401. The third-order valence-electron chi connectivity index (χ3n) is 2.73. The number of thiophene rings is 1. The Kier molecular flexibility index (Phi) is 4.90. The summed E-state index contributed by atoms with van der Waals surface area (Å²) < 4.78 is 0. The van der Waals surface area contributed by atoms with Gasteiger partial charge in [0.05, 0.1) is 4.92 Å². The van der Waals surface area contributed by atoms with Crippen molar-refractivity contribution in [3.63, 3.8) is 0 Å². The van der Waals surface area contributed by atoms with Gasteiger partial charge in [-0.15, -0.1) is 0 Å². The number of halogens is 1. The molecule has 0 aliphatic heterocycles. The standard InChI is InChI=1S/C13H13ClN2O2S/c14-12-2-1-11(13(7-12)16(17)18)8-15-5-3-10-4-6-19-9-10/h1-2,4,6-7,9,15H,3,5,8H2. The number of nitro benzene ring substituents is 1. The third kappa shape index (κ3) is 4.02. The monoisotopic (exact) mass is 296 g/mol. The van der Waals surface area contributed by atoms with E-state index in [1.165, 1.54) is 11.6 Å². The van der Waals surface area contributed by atoms with E-state index in [9.17, 15) is 10.1 Å². The first-order valence-corrected chi connectivity index (χ1v) is 7.13. The molecule has 0 amide bonds.